The third-order valence-corrected chi connectivity index (χ3v) is 5.53. The lowest BCUT2D eigenvalue weighted by Crippen LogP contribution is -2.53. The number of amides is 1. The second kappa shape index (κ2) is 8.72. The number of likely N-dealkylation sites (tertiary alicyclic amines) is 1. The molecule has 1 amide bonds. The van der Waals surface area contributed by atoms with Gasteiger partial charge in [-0.25, -0.2) is 0 Å². The summed E-state index contributed by atoms with van der Waals surface area (Å²) in [6.07, 6.45) is 8.03. The van der Waals surface area contributed by atoms with Crippen LogP contribution in [-0.2, 0) is 11.2 Å². The summed E-state index contributed by atoms with van der Waals surface area (Å²) in [6, 6.07) is 8.60. The first-order chi connectivity index (χ1) is 11.1. The highest BCUT2D eigenvalue weighted by atomic mass is 35.5. The average molecular weight is 352 g/mol. The van der Waals surface area contributed by atoms with Crippen LogP contribution in [0, 0.1) is 0 Å². The minimum Gasteiger partial charge on any atom is -0.399 e. The van der Waals surface area contributed by atoms with Gasteiger partial charge < -0.3 is 10.6 Å². The number of anilines is 1. The molecule has 3 rings (SSSR count). The Morgan fingerprint density at radius 3 is 2.42 bits per heavy atom. The van der Waals surface area contributed by atoms with Crippen molar-refractivity contribution >= 4 is 24.0 Å². The second-order valence-electron chi connectivity index (χ2n) is 7.09. The number of likely N-dealkylation sites (N-methyl/N-ethyl adjacent to an activating group) is 1. The van der Waals surface area contributed by atoms with Crippen molar-refractivity contribution in [3.05, 3.63) is 29.8 Å². The summed E-state index contributed by atoms with van der Waals surface area (Å²) >= 11 is 0. The monoisotopic (exact) mass is 351 g/mol. The van der Waals surface area contributed by atoms with Crippen molar-refractivity contribution in [1.82, 2.24) is 9.80 Å². The number of carbonyl (C=O) groups excluding carboxylic acids is 1. The maximum absolute atomic E-state index is 12.7. The molecule has 2 N–H and O–H groups in total. The molecule has 2 aliphatic rings. The maximum atomic E-state index is 12.7. The molecule has 1 heterocycles. The number of carbonyl (C=O) groups is 1. The lowest BCUT2D eigenvalue weighted by molar-refractivity contribution is -0.133. The van der Waals surface area contributed by atoms with Gasteiger partial charge in [0.1, 0.15) is 0 Å². The van der Waals surface area contributed by atoms with E-state index in [2.05, 4.69) is 4.90 Å². The van der Waals surface area contributed by atoms with Gasteiger partial charge in [0, 0.05) is 24.8 Å². The van der Waals surface area contributed by atoms with Gasteiger partial charge in [-0.05, 0) is 56.5 Å². The van der Waals surface area contributed by atoms with Crippen LogP contribution in [0.25, 0.3) is 0 Å². The second-order valence-corrected chi connectivity index (χ2v) is 7.09. The normalized spacial score (nSPS) is 24.4. The van der Waals surface area contributed by atoms with Crippen LogP contribution in [0.1, 0.15) is 44.1 Å². The predicted molar refractivity (Wildman–Crippen MR) is 101 cm³/mol. The van der Waals surface area contributed by atoms with Gasteiger partial charge in [0.25, 0.3) is 0 Å². The van der Waals surface area contributed by atoms with Crippen LogP contribution in [0.15, 0.2) is 24.3 Å². The van der Waals surface area contributed by atoms with E-state index in [1.165, 1.54) is 45.2 Å². The van der Waals surface area contributed by atoms with Crippen molar-refractivity contribution in [1.29, 1.82) is 0 Å². The van der Waals surface area contributed by atoms with E-state index < -0.39 is 0 Å². The van der Waals surface area contributed by atoms with E-state index in [1.54, 1.807) is 0 Å². The molecular weight excluding hydrogens is 322 g/mol. The Bertz CT molecular complexity index is 528. The summed E-state index contributed by atoms with van der Waals surface area (Å²) in [7, 11) is 2.00. The molecule has 1 aromatic carbocycles. The minimum atomic E-state index is 0. The van der Waals surface area contributed by atoms with Gasteiger partial charge in [0.15, 0.2) is 0 Å². The van der Waals surface area contributed by atoms with Crippen molar-refractivity contribution in [3.8, 4) is 0 Å². The van der Waals surface area contributed by atoms with Crippen molar-refractivity contribution < 1.29 is 4.79 Å². The molecule has 0 radical (unpaired) electrons. The topological polar surface area (TPSA) is 49.6 Å². The highest BCUT2D eigenvalue weighted by molar-refractivity contribution is 5.85. The fourth-order valence-electron chi connectivity index (χ4n) is 4.16. The van der Waals surface area contributed by atoms with Crippen LogP contribution >= 0.6 is 12.4 Å². The van der Waals surface area contributed by atoms with Crippen LogP contribution in [-0.4, -0.2) is 47.9 Å². The van der Waals surface area contributed by atoms with Crippen LogP contribution < -0.4 is 5.73 Å². The Morgan fingerprint density at radius 2 is 1.75 bits per heavy atom. The summed E-state index contributed by atoms with van der Waals surface area (Å²) in [5.41, 5.74) is 7.51. The molecule has 0 bridgehead atoms. The molecule has 2 atom stereocenters. The molecule has 1 aromatic rings. The Balaban J connectivity index is 0.00000208. The average Bonchev–Trinajstić information content (AvgIpc) is 3.10. The number of halogens is 1. The van der Waals surface area contributed by atoms with Crippen molar-refractivity contribution in [2.45, 2.75) is 57.0 Å². The number of nitrogen functional groups attached to an aromatic ring is 1. The summed E-state index contributed by atoms with van der Waals surface area (Å²) < 4.78 is 0. The van der Waals surface area contributed by atoms with Gasteiger partial charge in [-0.3, -0.25) is 9.69 Å². The van der Waals surface area contributed by atoms with Gasteiger partial charge in [-0.15, -0.1) is 12.4 Å². The smallest absolute Gasteiger partial charge is 0.227 e. The SMILES string of the molecule is CN(C(=O)Cc1ccc(N)cc1)C1CCCC[C@@H]1N1CCCC1.Cl. The van der Waals surface area contributed by atoms with E-state index in [0.717, 1.165) is 17.7 Å². The van der Waals surface area contributed by atoms with E-state index in [0.29, 0.717) is 18.5 Å². The summed E-state index contributed by atoms with van der Waals surface area (Å²) in [4.78, 5) is 17.4. The van der Waals surface area contributed by atoms with E-state index in [-0.39, 0.29) is 18.3 Å². The molecule has 0 aromatic heterocycles. The standard InChI is InChI=1S/C19H29N3O.ClH/c1-21(19(23)14-15-8-10-16(20)11-9-15)17-6-2-3-7-18(17)22-12-4-5-13-22;/h8-11,17-18H,2-7,12-14,20H2,1H3;1H/t17?,18-;/m0./s1. The van der Waals surface area contributed by atoms with Gasteiger partial charge in [-0.2, -0.15) is 0 Å². The van der Waals surface area contributed by atoms with Crippen LogP contribution in [0.3, 0.4) is 0 Å². The molecule has 0 spiro atoms. The van der Waals surface area contributed by atoms with Gasteiger partial charge in [0.05, 0.1) is 6.42 Å². The van der Waals surface area contributed by atoms with E-state index in [1.807, 2.05) is 36.2 Å². The zero-order chi connectivity index (χ0) is 16.2. The minimum absolute atomic E-state index is 0. The zero-order valence-electron chi connectivity index (χ0n) is 14.6. The van der Waals surface area contributed by atoms with Crippen LogP contribution in [0.4, 0.5) is 5.69 Å². The van der Waals surface area contributed by atoms with Crippen LogP contribution in [0.5, 0.6) is 0 Å². The van der Waals surface area contributed by atoms with Crippen molar-refractivity contribution in [3.63, 3.8) is 0 Å². The first-order valence-electron chi connectivity index (χ1n) is 8.99. The van der Waals surface area contributed by atoms with Gasteiger partial charge in [-0.1, -0.05) is 25.0 Å². The van der Waals surface area contributed by atoms with Gasteiger partial charge >= 0.3 is 0 Å². The number of hydrogen-bond acceptors (Lipinski definition) is 3. The molecule has 1 unspecified atom stereocenters. The zero-order valence-corrected chi connectivity index (χ0v) is 15.4. The first kappa shape index (κ1) is 19.1. The largest absolute Gasteiger partial charge is 0.399 e. The third-order valence-electron chi connectivity index (χ3n) is 5.53. The molecule has 1 saturated carbocycles. The summed E-state index contributed by atoms with van der Waals surface area (Å²) in [5, 5.41) is 0. The third kappa shape index (κ3) is 4.42. The molecule has 5 heteroatoms. The number of nitrogens with zero attached hydrogens (tertiary/aromatic N) is 2. The predicted octanol–water partition coefficient (Wildman–Crippen LogP) is 3.10. The fraction of sp³-hybridized carbons (Fsp3) is 0.632. The maximum Gasteiger partial charge on any atom is 0.227 e. The number of rotatable bonds is 4. The molecule has 4 nitrogen and oxygen atoms in total. The van der Waals surface area contributed by atoms with E-state index >= 15 is 0 Å². The molecule has 2 fully saturated rings. The Labute approximate surface area is 151 Å². The fourth-order valence-corrected chi connectivity index (χ4v) is 4.16. The number of nitrogens with two attached hydrogens (primary N) is 1. The lowest BCUT2D eigenvalue weighted by Gasteiger charge is -2.42. The van der Waals surface area contributed by atoms with Crippen molar-refractivity contribution in [2.75, 3.05) is 25.9 Å². The molecule has 1 saturated heterocycles. The molecule has 134 valence electrons. The lowest BCUT2D eigenvalue weighted by atomic mass is 9.88. The van der Waals surface area contributed by atoms with Crippen molar-refractivity contribution in [2.24, 2.45) is 0 Å². The van der Waals surface area contributed by atoms with E-state index in [9.17, 15) is 4.79 Å². The van der Waals surface area contributed by atoms with Crippen LogP contribution in [0.2, 0.25) is 0 Å². The number of benzene rings is 1. The van der Waals surface area contributed by atoms with E-state index in [4.69, 9.17) is 5.73 Å². The Morgan fingerprint density at radius 1 is 1.12 bits per heavy atom. The van der Waals surface area contributed by atoms with Gasteiger partial charge in [0.2, 0.25) is 5.91 Å². The number of hydrogen-bond donors (Lipinski definition) is 1. The summed E-state index contributed by atoms with van der Waals surface area (Å²) in [5.74, 6) is 0.228. The Hall–Kier alpha value is -1.26. The molecule has 1 aliphatic carbocycles. The highest BCUT2D eigenvalue weighted by Crippen LogP contribution is 2.29. The molecule has 24 heavy (non-hydrogen) atoms. The molecule has 1 aliphatic heterocycles. The summed E-state index contributed by atoms with van der Waals surface area (Å²) in [6.45, 7) is 2.42. The highest BCUT2D eigenvalue weighted by Gasteiger charge is 2.35. The first-order valence-corrected chi connectivity index (χ1v) is 8.99. The quantitative estimate of drug-likeness (QED) is 0.848. The molecular formula is C19H30ClN3O. The Kier molecular flexibility index (Phi) is 6.93.